The summed E-state index contributed by atoms with van der Waals surface area (Å²) in [7, 11) is 0. The maximum absolute atomic E-state index is 11.4. The number of rotatable bonds is 14. The first-order valence-corrected chi connectivity index (χ1v) is 13.7. The molecular formula is C28H42N4O8. The number of aliphatic hydroxyl groups is 3. The van der Waals surface area contributed by atoms with Gasteiger partial charge in [-0.15, -0.1) is 5.10 Å². The highest BCUT2D eigenvalue weighted by Crippen LogP contribution is 2.44. The highest BCUT2D eigenvalue weighted by Gasteiger charge is 2.66. The Morgan fingerprint density at radius 2 is 2.05 bits per heavy atom. The first-order chi connectivity index (χ1) is 18.9. The highest BCUT2D eigenvalue weighted by atomic mass is 16.8. The van der Waals surface area contributed by atoms with Crippen LogP contribution in [0, 0.1) is 12.3 Å². The van der Waals surface area contributed by atoms with Crippen molar-refractivity contribution in [1.82, 2.24) is 15.5 Å². The summed E-state index contributed by atoms with van der Waals surface area (Å²) < 4.78 is 22.9. The van der Waals surface area contributed by atoms with E-state index >= 15 is 0 Å². The van der Waals surface area contributed by atoms with E-state index in [1.54, 1.807) is 0 Å². The summed E-state index contributed by atoms with van der Waals surface area (Å²) in [5.74, 6) is -0.762. The molecule has 5 rings (SSSR count). The number of fused-ring (bicyclic) bond motifs is 2. The van der Waals surface area contributed by atoms with Crippen molar-refractivity contribution in [1.29, 1.82) is 0 Å². The SMILES string of the molecule is Cc1cc(OCCCNCC(C)(C)C(N)=O)ccc1Cc1c(OC2OC3(CO)OC(C2O)[C@@H]3O)n[nH]c1C(C)C. The molecule has 0 aliphatic carbocycles. The van der Waals surface area contributed by atoms with E-state index in [1.165, 1.54) is 0 Å². The van der Waals surface area contributed by atoms with Crippen molar-refractivity contribution >= 4 is 5.91 Å². The van der Waals surface area contributed by atoms with Gasteiger partial charge < -0.3 is 45.3 Å². The third-order valence-electron chi connectivity index (χ3n) is 7.60. The number of nitrogens with two attached hydrogens (primary N) is 1. The molecule has 2 bridgehead atoms. The van der Waals surface area contributed by atoms with E-state index in [0.29, 0.717) is 26.1 Å². The normalized spacial score (nSPS) is 26.0. The summed E-state index contributed by atoms with van der Waals surface area (Å²) in [6.07, 6.45) is -3.18. The number of carbonyl (C=O) groups excluding carboxylic acids is 1. The molecule has 40 heavy (non-hydrogen) atoms. The van der Waals surface area contributed by atoms with Crippen molar-refractivity contribution in [2.75, 3.05) is 26.3 Å². The fourth-order valence-corrected chi connectivity index (χ4v) is 4.82. The van der Waals surface area contributed by atoms with Gasteiger partial charge in [-0.3, -0.25) is 9.89 Å². The van der Waals surface area contributed by atoms with E-state index in [9.17, 15) is 20.1 Å². The Balaban J connectivity index is 1.37. The van der Waals surface area contributed by atoms with Crippen LogP contribution in [0.2, 0.25) is 0 Å². The second-order valence-electron chi connectivity index (χ2n) is 11.6. The van der Waals surface area contributed by atoms with Gasteiger partial charge in [-0.25, -0.2) is 0 Å². The van der Waals surface area contributed by atoms with Crippen molar-refractivity contribution in [3.05, 3.63) is 40.6 Å². The molecule has 12 heteroatoms. The van der Waals surface area contributed by atoms with Crippen LogP contribution >= 0.6 is 0 Å². The number of aryl methyl sites for hydroxylation is 1. The molecule has 4 unspecified atom stereocenters. The largest absolute Gasteiger partial charge is 0.494 e. The van der Waals surface area contributed by atoms with E-state index in [1.807, 2.05) is 52.8 Å². The maximum Gasteiger partial charge on any atom is 0.238 e. The minimum absolute atomic E-state index is 0.129. The quantitative estimate of drug-likeness (QED) is 0.181. The van der Waals surface area contributed by atoms with Crippen molar-refractivity contribution in [2.24, 2.45) is 11.1 Å². The van der Waals surface area contributed by atoms with E-state index in [0.717, 1.165) is 34.6 Å². The first-order valence-electron chi connectivity index (χ1n) is 13.7. The zero-order valence-electron chi connectivity index (χ0n) is 23.8. The molecule has 3 saturated heterocycles. The summed E-state index contributed by atoms with van der Waals surface area (Å²) in [6, 6.07) is 5.91. The Bertz CT molecular complexity index is 1190. The average Bonchev–Trinajstić information content (AvgIpc) is 3.30. The minimum atomic E-state index is -1.60. The predicted octanol–water partition coefficient (Wildman–Crippen LogP) is 0.847. The molecule has 3 aliphatic heterocycles. The highest BCUT2D eigenvalue weighted by molar-refractivity contribution is 5.80. The van der Waals surface area contributed by atoms with Crippen LogP contribution in [-0.4, -0.2) is 88.1 Å². The van der Waals surface area contributed by atoms with Gasteiger partial charge in [-0.05, 0) is 62.9 Å². The van der Waals surface area contributed by atoms with E-state index in [4.69, 9.17) is 24.7 Å². The molecule has 3 aliphatic rings. The summed E-state index contributed by atoms with van der Waals surface area (Å²) in [6.45, 7) is 10.9. The van der Waals surface area contributed by atoms with Gasteiger partial charge in [0.05, 0.1) is 12.0 Å². The number of amides is 1. The number of carbonyl (C=O) groups is 1. The summed E-state index contributed by atoms with van der Waals surface area (Å²) in [4.78, 5) is 11.4. The van der Waals surface area contributed by atoms with Crippen molar-refractivity contribution < 1.29 is 39.1 Å². The number of aromatic amines is 1. The third-order valence-corrected chi connectivity index (χ3v) is 7.60. The second kappa shape index (κ2) is 12.0. The Kier molecular flexibility index (Phi) is 9.08. The van der Waals surface area contributed by atoms with Crippen molar-refractivity contribution in [3.63, 3.8) is 0 Å². The topological polar surface area (TPSA) is 181 Å². The van der Waals surface area contributed by atoms with Crippen LogP contribution in [0.4, 0.5) is 0 Å². The van der Waals surface area contributed by atoms with E-state index < -0.39 is 42.4 Å². The van der Waals surface area contributed by atoms with Gasteiger partial charge in [0.2, 0.25) is 23.9 Å². The molecule has 2 aromatic rings. The Labute approximate surface area is 234 Å². The van der Waals surface area contributed by atoms with Gasteiger partial charge >= 0.3 is 0 Å². The Morgan fingerprint density at radius 1 is 1.30 bits per heavy atom. The molecule has 0 saturated carbocycles. The molecule has 12 nitrogen and oxygen atoms in total. The van der Waals surface area contributed by atoms with Crippen LogP contribution < -0.4 is 20.5 Å². The number of aliphatic hydroxyl groups excluding tert-OH is 3. The predicted molar refractivity (Wildman–Crippen MR) is 145 cm³/mol. The molecule has 1 aromatic carbocycles. The smallest absolute Gasteiger partial charge is 0.238 e. The summed E-state index contributed by atoms with van der Waals surface area (Å²) >= 11 is 0. The molecular weight excluding hydrogens is 520 g/mol. The number of primary amides is 1. The maximum atomic E-state index is 11.4. The fourth-order valence-electron chi connectivity index (χ4n) is 4.82. The van der Waals surface area contributed by atoms with Gasteiger partial charge in [-0.2, -0.15) is 0 Å². The fraction of sp³-hybridized carbons (Fsp3) is 0.643. The summed E-state index contributed by atoms with van der Waals surface area (Å²) in [5, 5.41) is 41.0. The lowest BCUT2D eigenvalue weighted by atomic mass is 9.89. The number of nitrogens with one attached hydrogen (secondary N) is 2. The molecule has 0 spiro atoms. The number of hydrogen-bond acceptors (Lipinski definition) is 10. The lowest BCUT2D eigenvalue weighted by Crippen LogP contribution is -2.78. The van der Waals surface area contributed by atoms with Gasteiger partial charge in [0.1, 0.15) is 30.7 Å². The zero-order chi connectivity index (χ0) is 29.2. The lowest BCUT2D eigenvalue weighted by Gasteiger charge is -2.57. The molecule has 222 valence electrons. The molecule has 7 N–H and O–H groups in total. The Morgan fingerprint density at radius 3 is 2.67 bits per heavy atom. The van der Waals surface area contributed by atoms with Gasteiger partial charge in [-0.1, -0.05) is 19.9 Å². The van der Waals surface area contributed by atoms with Crippen LogP contribution in [0.25, 0.3) is 0 Å². The van der Waals surface area contributed by atoms with Crippen LogP contribution in [0.1, 0.15) is 62.4 Å². The zero-order valence-corrected chi connectivity index (χ0v) is 23.8. The number of nitrogens with zero attached hydrogens (tertiary/aromatic N) is 1. The lowest BCUT2D eigenvalue weighted by molar-refractivity contribution is -0.493. The average molecular weight is 563 g/mol. The Hall–Kier alpha value is -2.74. The standard InChI is InChI=1S/C28H42N4O8/c1-15(2)20-19(24(32-31-20)38-25-21(34)22-23(35)28(14-33,39-22)40-25)12-17-7-8-18(11-16(17)3)37-10-6-9-30-13-27(4,5)26(29)36/h7-8,11,15,21-23,25,30,33-35H,6,9-10,12-14H2,1-5H3,(H2,29,36)(H,31,32)/t21?,22?,23-,25?,28?/m0/s1. The molecule has 5 atom stereocenters. The molecule has 1 aromatic heterocycles. The molecule has 1 amide bonds. The number of H-pyrrole nitrogens is 1. The molecule has 0 radical (unpaired) electrons. The molecule has 3 fully saturated rings. The summed E-state index contributed by atoms with van der Waals surface area (Å²) in [5.41, 5.74) is 8.61. The van der Waals surface area contributed by atoms with Crippen molar-refractivity contribution in [3.8, 4) is 11.6 Å². The van der Waals surface area contributed by atoms with Crippen LogP contribution in [0.3, 0.4) is 0 Å². The number of hydrogen-bond donors (Lipinski definition) is 6. The van der Waals surface area contributed by atoms with Crippen molar-refractivity contribution in [2.45, 2.75) is 83.8 Å². The van der Waals surface area contributed by atoms with Crippen LogP contribution in [-0.2, 0) is 20.7 Å². The second-order valence-corrected chi connectivity index (χ2v) is 11.6. The van der Waals surface area contributed by atoms with Gasteiger partial charge in [0.25, 0.3) is 0 Å². The van der Waals surface area contributed by atoms with Crippen LogP contribution in [0.5, 0.6) is 11.6 Å². The third kappa shape index (κ3) is 6.12. The number of ether oxygens (including phenoxy) is 4. The van der Waals surface area contributed by atoms with Crippen LogP contribution in [0.15, 0.2) is 18.2 Å². The number of benzene rings is 1. The van der Waals surface area contributed by atoms with E-state index in [2.05, 4.69) is 15.5 Å². The molecule has 4 heterocycles. The van der Waals surface area contributed by atoms with E-state index in [-0.39, 0.29) is 17.7 Å². The number of aromatic nitrogens is 2. The first kappa shape index (κ1) is 30.2. The van der Waals surface area contributed by atoms with Gasteiger partial charge in [0.15, 0.2) is 0 Å². The minimum Gasteiger partial charge on any atom is -0.494 e. The van der Waals surface area contributed by atoms with Gasteiger partial charge in [0, 0.05) is 24.2 Å². The monoisotopic (exact) mass is 562 g/mol.